The summed E-state index contributed by atoms with van der Waals surface area (Å²) in [7, 11) is 0. The van der Waals surface area contributed by atoms with Gasteiger partial charge >= 0.3 is 0 Å². The van der Waals surface area contributed by atoms with Crippen molar-refractivity contribution in [3.63, 3.8) is 0 Å². The van der Waals surface area contributed by atoms with Gasteiger partial charge in [-0.05, 0) is 48.7 Å². The van der Waals surface area contributed by atoms with Crippen LogP contribution in [0.4, 0.5) is 0 Å². The third-order valence-corrected chi connectivity index (χ3v) is 5.24. The van der Waals surface area contributed by atoms with Crippen molar-refractivity contribution < 1.29 is 0 Å². The average Bonchev–Trinajstić information content (AvgIpc) is 3.01. The van der Waals surface area contributed by atoms with Crippen molar-refractivity contribution in [1.29, 1.82) is 0 Å². The molecular formula is C14H23N3S. The highest BCUT2D eigenvalue weighted by Crippen LogP contribution is 2.31. The number of piperazine rings is 1. The summed E-state index contributed by atoms with van der Waals surface area (Å²) in [6.07, 6.45) is 2.74. The van der Waals surface area contributed by atoms with Crippen molar-refractivity contribution in [3.8, 4) is 0 Å². The molecule has 0 aliphatic carbocycles. The largest absolute Gasteiger partial charge is 0.329 e. The van der Waals surface area contributed by atoms with E-state index >= 15 is 0 Å². The summed E-state index contributed by atoms with van der Waals surface area (Å²) in [4.78, 5) is 5.30. The molecule has 100 valence electrons. The summed E-state index contributed by atoms with van der Waals surface area (Å²) in [5.41, 5.74) is 7.45. The van der Waals surface area contributed by atoms with Gasteiger partial charge in [-0.3, -0.25) is 9.80 Å². The first-order valence-corrected chi connectivity index (χ1v) is 7.96. The molecule has 4 heteroatoms. The zero-order valence-corrected chi connectivity index (χ0v) is 11.9. The van der Waals surface area contributed by atoms with E-state index in [0.717, 1.165) is 12.6 Å². The van der Waals surface area contributed by atoms with Crippen LogP contribution in [0.1, 0.15) is 31.4 Å². The van der Waals surface area contributed by atoms with Gasteiger partial charge in [0.05, 0.1) is 0 Å². The minimum atomic E-state index is 0.411. The molecule has 1 aromatic rings. The van der Waals surface area contributed by atoms with Crippen LogP contribution in [0.25, 0.3) is 0 Å². The van der Waals surface area contributed by atoms with E-state index in [-0.39, 0.29) is 0 Å². The van der Waals surface area contributed by atoms with Crippen LogP contribution in [-0.4, -0.2) is 48.1 Å². The second-order valence-corrected chi connectivity index (χ2v) is 6.43. The highest BCUT2D eigenvalue weighted by Gasteiger charge is 2.37. The van der Waals surface area contributed by atoms with Crippen LogP contribution >= 0.6 is 11.3 Å². The van der Waals surface area contributed by atoms with Gasteiger partial charge in [0, 0.05) is 37.8 Å². The first-order valence-electron chi connectivity index (χ1n) is 7.01. The van der Waals surface area contributed by atoms with Crippen molar-refractivity contribution in [2.75, 3.05) is 26.2 Å². The van der Waals surface area contributed by atoms with E-state index in [1.165, 1.54) is 38.0 Å². The predicted molar refractivity (Wildman–Crippen MR) is 76.9 cm³/mol. The number of hydrogen-bond acceptors (Lipinski definition) is 4. The quantitative estimate of drug-likeness (QED) is 0.906. The summed E-state index contributed by atoms with van der Waals surface area (Å²) in [6, 6.07) is 4.03. The highest BCUT2D eigenvalue weighted by molar-refractivity contribution is 7.07. The molecule has 3 nitrogen and oxygen atoms in total. The van der Waals surface area contributed by atoms with Crippen LogP contribution in [0, 0.1) is 0 Å². The Balaban J connectivity index is 1.77. The molecule has 0 saturated carbocycles. The van der Waals surface area contributed by atoms with Gasteiger partial charge in [-0.1, -0.05) is 0 Å². The Morgan fingerprint density at radius 3 is 3.11 bits per heavy atom. The maximum absolute atomic E-state index is 6.04. The molecular weight excluding hydrogens is 242 g/mol. The maximum atomic E-state index is 6.04. The highest BCUT2D eigenvalue weighted by atomic mass is 32.1. The Hall–Kier alpha value is -0.420. The minimum Gasteiger partial charge on any atom is -0.329 e. The molecule has 0 amide bonds. The van der Waals surface area contributed by atoms with Crippen LogP contribution in [0.2, 0.25) is 0 Å². The van der Waals surface area contributed by atoms with Gasteiger partial charge < -0.3 is 5.73 Å². The first kappa shape index (κ1) is 12.6. The molecule has 1 aromatic heterocycles. The van der Waals surface area contributed by atoms with Gasteiger partial charge in [0.1, 0.15) is 0 Å². The Bertz CT molecular complexity index is 378. The van der Waals surface area contributed by atoms with Crippen LogP contribution in [-0.2, 0) is 0 Å². The molecule has 3 rings (SSSR count). The molecule has 2 N–H and O–H groups in total. The van der Waals surface area contributed by atoms with E-state index < -0.39 is 0 Å². The first-order chi connectivity index (χ1) is 8.79. The Morgan fingerprint density at radius 1 is 1.50 bits per heavy atom. The maximum Gasteiger partial charge on any atom is 0.0482 e. The fraction of sp³-hybridized carbons (Fsp3) is 0.714. The van der Waals surface area contributed by atoms with Crippen molar-refractivity contribution >= 4 is 11.3 Å². The number of thiophene rings is 1. The van der Waals surface area contributed by atoms with Crippen molar-refractivity contribution in [2.45, 2.75) is 37.9 Å². The van der Waals surface area contributed by atoms with E-state index in [0.29, 0.717) is 12.1 Å². The fourth-order valence-electron chi connectivity index (χ4n) is 3.57. The predicted octanol–water partition coefficient (Wildman–Crippen LogP) is 1.92. The van der Waals surface area contributed by atoms with Gasteiger partial charge in [-0.15, -0.1) is 0 Å². The van der Waals surface area contributed by atoms with Gasteiger partial charge in [0.15, 0.2) is 0 Å². The third kappa shape index (κ3) is 2.23. The van der Waals surface area contributed by atoms with E-state index in [2.05, 4.69) is 33.6 Å². The lowest BCUT2D eigenvalue weighted by Crippen LogP contribution is -2.56. The summed E-state index contributed by atoms with van der Waals surface area (Å²) < 4.78 is 0. The second-order valence-electron chi connectivity index (χ2n) is 5.64. The van der Waals surface area contributed by atoms with Crippen LogP contribution in [0.5, 0.6) is 0 Å². The van der Waals surface area contributed by atoms with Gasteiger partial charge in [-0.25, -0.2) is 0 Å². The van der Waals surface area contributed by atoms with Crippen LogP contribution in [0.15, 0.2) is 16.8 Å². The van der Waals surface area contributed by atoms with Crippen molar-refractivity contribution in [1.82, 2.24) is 9.80 Å². The Morgan fingerprint density at radius 2 is 2.39 bits per heavy atom. The number of fused-ring (bicyclic) bond motifs is 1. The monoisotopic (exact) mass is 265 g/mol. The number of nitrogens with two attached hydrogens (primary N) is 1. The van der Waals surface area contributed by atoms with Crippen molar-refractivity contribution in [3.05, 3.63) is 22.4 Å². The standard InChI is InChI=1S/C14H23N3S/c1-11-8-16-5-2-3-13(16)9-17(11)14(7-15)12-4-6-18-10-12/h4,6,10-11,13-14H,2-3,5,7-9,15H2,1H3. The molecule has 0 bridgehead atoms. The molecule has 2 saturated heterocycles. The fourth-order valence-corrected chi connectivity index (χ4v) is 4.28. The minimum absolute atomic E-state index is 0.411. The molecule has 2 aliphatic heterocycles. The smallest absolute Gasteiger partial charge is 0.0482 e. The summed E-state index contributed by atoms with van der Waals surface area (Å²) in [6.45, 7) is 6.79. The van der Waals surface area contributed by atoms with Crippen LogP contribution in [0.3, 0.4) is 0 Å². The Kier molecular flexibility index (Phi) is 3.71. The van der Waals surface area contributed by atoms with Crippen molar-refractivity contribution in [2.24, 2.45) is 5.73 Å². The zero-order valence-electron chi connectivity index (χ0n) is 11.1. The van der Waals surface area contributed by atoms with Gasteiger partial charge in [0.2, 0.25) is 0 Å². The third-order valence-electron chi connectivity index (χ3n) is 4.54. The second kappa shape index (κ2) is 5.29. The molecule has 2 aliphatic rings. The lowest BCUT2D eigenvalue weighted by molar-refractivity contribution is 0.0297. The van der Waals surface area contributed by atoms with E-state index in [9.17, 15) is 0 Å². The lowest BCUT2D eigenvalue weighted by atomic mass is 10.0. The topological polar surface area (TPSA) is 32.5 Å². The van der Waals surface area contributed by atoms with Crippen LogP contribution < -0.4 is 5.73 Å². The number of nitrogens with zero attached hydrogens (tertiary/aromatic N) is 2. The number of hydrogen-bond donors (Lipinski definition) is 1. The zero-order chi connectivity index (χ0) is 12.5. The molecule has 2 fully saturated rings. The Labute approximate surface area is 114 Å². The van der Waals surface area contributed by atoms with E-state index in [1.54, 1.807) is 11.3 Å². The molecule has 0 radical (unpaired) electrons. The summed E-state index contributed by atoms with van der Waals surface area (Å²) in [5.74, 6) is 0. The van der Waals surface area contributed by atoms with E-state index in [4.69, 9.17) is 5.73 Å². The normalized spacial score (nSPS) is 31.4. The lowest BCUT2D eigenvalue weighted by Gasteiger charge is -2.45. The molecule has 3 heterocycles. The van der Waals surface area contributed by atoms with Gasteiger partial charge in [0.25, 0.3) is 0 Å². The molecule has 0 aromatic carbocycles. The van der Waals surface area contributed by atoms with Gasteiger partial charge in [-0.2, -0.15) is 11.3 Å². The van der Waals surface area contributed by atoms with E-state index in [1.807, 2.05) is 0 Å². The number of rotatable bonds is 3. The summed E-state index contributed by atoms with van der Waals surface area (Å²) >= 11 is 1.78. The average molecular weight is 265 g/mol. The molecule has 3 unspecified atom stereocenters. The SMILES string of the molecule is CC1CN2CCCC2CN1C(CN)c1ccsc1. The molecule has 0 spiro atoms. The summed E-state index contributed by atoms with van der Waals surface area (Å²) in [5, 5.41) is 4.42. The molecule has 18 heavy (non-hydrogen) atoms. The molecule has 3 atom stereocenters.